The third-order valence-corrected chi connectivity index (χ3v) is 5.59. The number of nitrogens with one attached hydrogen (secondary N) is 1. The largest absolute Gasteiger partial charge is 0.493 e. The Morgan fingerprint density at radius 2 is 2.15 bits per heavy atom. The van der Waals surface area contributed by atoms with Crippen LogP contribution in [0.15, 0.2) is 42.6 Å². The lowest BCUT2D eigenvalue weighted by atomic mass is 9.74. The van der Waals surface area contributed by atoms with Crippen LogP contribution in [0.5, 0.6) is 5.75 Å². The number of fused-ring (bicyclic) bond motifs is 2. The predicted molar refractivity (Wildman–Crippen MR) is 98.9 cm³/mol. The number of likely N-dealkylation sites (tertiary alicyclic amines) is 1. The first-order valence-corrected chi connectivity index (χ1v) is 8.91. The number of ether oxygens (including phenoxy) is 1. The number of carbonyl (C=O) groups is 2. The average Bonchev–Trinajstić information content (AvgIpc) is 2.98. The molecule has 1 saturated heterocycles. The van der Waals surface area contributed by atoms with Crippen molar-refractivity contribution >= 4 is 17.7 Å². The number of aromatic nitrogens is 1. The number of para-hydroxylation sites is 1. The molecule has 7 heteroatoms. The van der Waals surface area contributed by atoms with E-state index in [0.29, 0.717) is 24.3 Å². The van der Waals surface area contributed by atoms with E-state index in [1.165, 1.54) is 0 Å². The SMILES string of the molecule is CNc1cc(C(=O)N2C[C@H]3COc4ccccc4C[C@@]3(C(=O)O)C2)ccn1. The van der Waals surface area contributed by atoms with Crippen LogP contribution in [0.3, 0.4) is 0 Å². The van der Waals surface area contributed by atoms with Gasteiger partial charge in [0.2, 0.25) is 0 Å². The lowest BCUT2D eigenvalue weighted by Crippen LogP contribution is -2.42. The van der Waals surface area contributed by atoms with Gasteiger partial charge in [-0.15, -0.1) is 0 Å². The zero-order chi connectivity index (χ0) is 19.0. The lowest BCUT2D eigenvalue weighted by molar-refractivity contribution is -0.150. The molecule has 140 valence electrons. The smallest absolute Gasteiger partial charge is 0.312 e. The quantitative estimate of drug-likeness (QED) is 0.861. The molecule has 2 aliphatic heterocycles. The molecule has 2 aromatic rings. The van der Waals surface area contributed by atoms with Gasteiger partial charge in [-0.1, -0.05) is 18.2 Å². The maximum atomic E-state index is 13.0. The number of carbonyl (C=O) groups excluding carboxylic acids is 1. The highest BCUT2D eigenvalue weighted by atomic mass is 16.5. The van der Waals surface area contributed by atoms with Crippen molar-refractivity contribution in [3.8, 4) is 5.75 Å². The number of anilines is 1. The van der Waals surface area contributed by atoms with Gasteiger partial charge in [0, 0.05) is 37.8 Å². The highest BCUT2D eigenvalue weighted by Crippen LogP contribution is 2.44. The molecule has 0 radical (unpaired) electrons. The molecule has 2 N–H and O–H groups in total. The molecule has 3 heterocycles. The number of aliphatic carboxylic acids is 1. The molecule has 2 aliphatic rings. The zero-order valence-electron chi connectivity index (χ0n) is 15.0. The van der Waals surface area contributed by atoms with Gasteiger partial charge in [-0.25, -0.2) is 4.98 Å². The second-order valence-corrected chi connectivity index (χ2v) is 7.12. The van der Waals surface area contributed by atoms with Crippen LogP contribution in [0, 0.1) is 11.3 Å². The first-order valence-electron chi connectivity index (χ1n) is 8.91. The first-order chi connectivity index (χ1) is 13.0. The van der Waals surface area contributed by atoms with E-state index in [0.717, 1.165) is 11.3 Å². The summed E-state index contributed by atoms with van der Waals surface area (Å²) in [5.41, 5.74) is 0.326. The van der Waals surface area contributed by atoms with E-state index in [1.807, 2.05) is 24.3 Å². The van der Waals surface area contributed by atoms with E-state index in [2.05, 4.69) is 10.3 Å². The van der Waals surface area contributed by atoms with Crippen LogP contribution in [-0.2, 0) is 11.2 Å². The molecule has 0 aliphatic carbocycles. The number of hydrogen-bond acceptors (Lipinski definition) is 5. The monoisotopic (exact) mass is 367 g/mol. The molecule has 1 aromatic heterocycles. The maximum absolute atomic E-state index is 13.0. The Bertz CT molecular complexity index is 900. The van der Waals surface area contributed by atoms with E-state index >= 15 is 0 Å². The van der Waals surface area contributed by atoms with Gasteiger partial charge >= 0.3 is 5.97 Å². The molecule has 7 nitrogen and oxygen atoms in total. The normalized spacial score (nSPS) is 23.6. The summed E-state index contributed by atoms with van der Waals surface area (Å²) in [5, 5.41) is 13.0. The Morgan fingerprint density at radius 3 is 2.93 bits per heavy atom. The number of rotatable bonds is 3. The third kappa shape index (κ3) is 2.89. The minimum atomic E-state index is -1.04. The van der Waals surface area contributed by atoms with Gasteiger partial charge in [-0.2, -0.15) is 0 Å². The Labute approximate surface area is 157 Å². The van der Waals surface area contributed by atoms with E-state index in [1.54, 1.807) is 30.3 Å². The topological polar surface area (TPSA) is 91.8 Å². The van der Waals surface area contributed by atoms with Gasteiger partial charge in [0.25, 0.3) is 5.91 Å². The summed E-state index contributed by atoms with van der Waals surface area (Å²) in [5.74, 6) is -0.000689. The fourth-order valence-corrected chi connectivity index (χ4v) is 4.06. The number of amides is 1. The summed E-state index contributed by atoms with van der Waals surface area (Å²) in [6.07, 6.45) is 1.92. The van der Waals surface area contributed by atoms with Gasteiger partial charge in [0.15, 0.2) is 0 Å². The second kappa shape index (κ2) is 6.57. The van der Waals surface area contributed by atoms with Gasteiger partial charge < -0.3 is 20.1 Å². The molecule has 0 spiro atoms. The van der Waals surface area contributed by atoms with E-state index in [-0.39, 0.29) is 25.0 Å². The number of carboxylic acid groups (broad SMARTS) is 1. The summed E-state index contributed by atoms with van der Waals surface area (Å²) in [7, 11) is 1.73. The van der Waals surface area contributed by atoms with Crippen molar-refractivity contribution in [2.45, 2.75) is 6.42 Å². The second-order valence-electron chi connectivity index (χ2n) is 7.12. The van der Waals surface area contributed by atoms with Crippen LogP contribution >= 0.6 is 0 Å². The fraction of sp³-hybridized carbons (Fsp3) is 0.350. The lowest BCUT2D eigenvalue weighted by Gasteiger charge is -2.27. The Morgan fingerprint density at radius 1 is 1.33 bits per heavy atom. The van der Waals surface area contributed by atoms with Gasteiger partial charge in [-0.3, -0.25) is 9.59 Å². The van der Waals surface area contributed by atoms with E-state index in [9.17, 15) is 14.7 Å². The molecule has 1 amide bonds. The molecule has 0 bridgehead atoms. The summed E-state index contributed by atoms with van der Waals surface area (Å²) in [6.45, 7) is 0.808. The predicted octanol–water partition coefficient (Wildman–Crippen LogP) is 1.90. The molecular formula is C20H21N3O4. The number of hydrogen-bond donors (Lipinski definition) is 2. The summed E-state index contributed by atoms with van der Waals surface area (Å²) < 4.78 is 5.89. The van der Waals surface area contributed by atoms with Gasteiger partial charge in [0.05, 0.1) is 12.0 Å². The summed E-state index contributed by atoms with van der Waals surface area (Å²) in [6, 6.07) is 10.9. The van der Waals surface area contributed by atoms with Crippen LogP contribution in [0.4, 0.5) is 5.82 Å². The highest BCUT2D eigenvalue weighted by molar-refractivity contribution is 5.95. The van der Waals surface area contributed by atoms with Gasteiger partial charge in [0.1, 0.15) is 11.6 Å². The van der Waals surface area contributed by atoms with Crippen molar-refractivity contribution in [3.05, 3.63) is 53.7 Å². The standard InChI is InChI=1S/C20H21N3O4/c1-21-17-8-13(6-7-22-17)18(24)23-10-15-11-27-16-5-3-2-4-14(16)9-20(15,12-23)19(25)26/h2-8,15H,9-12H2,1H3,(H,21,22)(H,25,26)/t15-,20+/m0/s1. The van der Waals surface area contributed by atoms with Crippen LogP contribution in [0.2, 0.25) is 0 Å². The molecule has 4 rings (SSSR count). The fourth-order valence-electron chi connectivity index (χ4n) is 4.06. The molecule has 1 fully saturated rings. The van der Waals surface area contributed by atoms with Crippen molar-refractivity contribution < 1.29 is 19.4 Å². The van der Waals surface area contributed by atoms with E-state index < -0.39 is 11.4 Å². The zero-order valence-corrected chi connectivity index (χ0v) is 15.0. The summed E-state index contributed by atoms with van der Waals surface area (Å²) >= 11 is 0. The third-order valence-electron chi connectivity index (χ3n) is 5.59. The summed E-state index contributed by atoms with van der Waals surface area (Å²) in [4.78, 5) is 31.1. The number of nitrogens with zero attached hydrogens (tertiary/aromatic N) is 2. The van der Waals surface area contributed by atoms with Gasteiger partial charge in [-0.05, 0) is 30.2 Å². The van der Waals surface area contributed by atoms with Crippen molar-refractivity contribution in [2.24, 2.45) is 11.3 Å². The minimum absolute atomic E-state index is 0.167. The Kier molecular flexibility index (Phi) is 4.22. The van der Waals surface area contributed by atoms with Crippen molar-refractivity contribution in [3.63, 3.8) is 0 Å². The number of benzene rings is 1. The van der Waals surface area contributed by atoms with Crippen LogP contribution in [0.1, 0.15) is 15.9 Å². The van der Waals surface area contributed by atoms with Crippen molar-refractivity contribution in [1.29, 1.82) is 0 Å². The van der Waals surface area contributed by atoms with Crippen LogP contribution in [-0.4, -0.2) is 53.6 Å². The van der Waals surface area contributed by atoms with E-state index in [4.69, 9.17) is 4.74 Å². The number of carboxylic acids is 1. The molecular weight excluding hydrogens is 346 g/mol. The molecule has 2 atom stereocenters. The molecule has 27 heavy (non-hydrogen) atoms. The van der Waals surface area contributed by atoms with Crippen molar-refractivity contribution in [2.75, 3.05) is 32.1 Å². The Hall–Kier alpha value is -3.09. The molecule has 0 unspecified atom stereocenters. The highest BCUT2D eigenvalue weighted by Gasteiger charge is 2.55. The Balaban J connectivity index is 1.65. The molecule has 1 aromatic carbocycles. The van der Waals surface area contributed by atoms with Crippen LogP contribution in [0.25, 0.3) is 0 Å². The first kappa shape index (κ1) is 17.3. The minimum Gasteiger partial charge on any atom is -0.493 e. The number of pyridine rings is 1. The van der Waals surface area contributed by atoms with Crippen LogP contribution < -0.4 is 10.1 Å². The average molecular weight is 367 g/mol. The molecule has 0 saturated carbocycles. The maximum Gasteiger partial charge on any atom is 0.312 e. The van der Waals surface area contributed by atoms with Crippen molar-refractivity contribution in [1.82, 2.24) is 9.88 Å².